The lowest BCUT2D eigenvalue weighted by Gasteiger charge is -2.12. The van der Waals surface area contributed by atoms with Crippen LogP contribution in [0.4, 0.5) is 0 Å². The second-order valence-electron chi connectivity index (χ2n) is 4.21. The molecule has 0 aliphatic heterocycles. The van der Waals surface area contributed by atoms with Gasteiger partial charge < -0.3 is 5.73 Å². The molecule has 0 aliphatic rings. The van der Waals surface area contributed by atoms with Crippen molar-refractivity contribution in [2.45, 2.75) is 32.2 Å². The third kappa shape index (κ3) is 3.88. The largest absolute Gasteiger partial charge is 0.324 e. The van der Waals surface area contributed by atoms with Crippen molar-refractivity contribution >= 4 is 11.8 Å². The Balaban J connectivity index is 2.62. The normalized spacial score (nSPS) is 13.1. The van der Waals surface area contributed by atoms with Crippen LogP contribution in [0.5, 0.6) is 0 Å². The standard InChI is InChI=1S/C13H21NS/c1-10(2)11-4-6-12(7-5-11)13(14)8-9-15-3/h4-7,10,13H,8-9,14H2,1-3H3. The van der Waals surface area contributed by atoms with Crippen LogP contribution in [0, 0.1) is 0 Å². The van der Waals surface area contributed by atoms with E-state index in [0.29, 0.717) is 5.92 Å². The van der Waals surface area contributed by atoms with E-state index in [4.69, 9.17) is 5.73 Å². The highest BCUT2D eigenvalue weighted by Crippen LogP contribution is 2.20. The topological polar surface area (TPSA) is 26.0 Å². The number of hydrogen-bond donors (Lipinski definition) is 1. The molecule has 0 bridgehead atoms. The van der Waals surface area contributed by atoms with Crippen LogP contribution in [-0.2, 0) is 0 Å². The maximum absolute atomic E-state index is 6.09. The lowest BCUT2D eigenvalue weighted by Crippen LogP contribution is -2.11. The van der Waals surface area contributed by atoms with Crippen molar-refractivity contribution < 1.29 is 0 Å². The van der Waals surface area contributed by atoms with Gasteiger partial charge in [-0.15, -0.1) is 0 Å². The van der Waals surface area contributed by atoms with E-state index >= 15 is 0 Å². The molecule has 1 atom stereocenters. The second-order valence-corrected chi connectivity index (χ2v) is 5.19. The molecule has 1 rings (SSSR count). The first-order chi connectivity index (χ1) is 7.15. The summed E-state index contributed by atoms with van der Waals surface area (Å²) in [5.41, 5.74) is 8.74. The predicted molar refractivity (Wildman–Crippen MR) is 70.5 cm³/mol. The van der Waals surface area contributed by atoms with Crippen molar-refractivity contribution in [1.82, 2.24) is 0 Å². The Bertz CT molecular complexity index is 279. The van der Waals surface area contributed by atoms with Gasteiger partial charge in [0.1, 0.15) is 0 Å². The van der Waals surface area contributed by atoms with Crippen molar-refractivity contribution in [3.05, 3.63) is 35.4 Å². The van der Waals surface area contributed by atoms with E-state index in [2.05, 4.69) is 44.4 Å². The van der Waals surface area contributed by atoms with Gasteiger partial charge in [-0.1, -0.05) is 38.1 Å². The quantitative estimate of drug-likeness (QED) is 0.826. The molecule has 0 saturated carbocycles. The lowest BCUT2D eigenvalue weighted by atomic mass is 9.98. The van der Waals surface area contributed by atoms with Crippen molar-refractivity contribution in [2.75, 3.05) is 12.0 Å². The van der Waals surface area contributed by atoms with E-state index in [1.54, 1.807) is 0 Å². The molecule has 84 valence electrons. The fourth-order valence-corrected chi connectivity index (χ4v) is 2.03. The van der Waals surface area contributed by atoms with Crippen LogP contribution in [0.3, 0.4) is 0 Å². The van der Waals surface area contributed by atoms with Gasteiger partial charge in [-0.3, -0.25) is 0 Å². The highest BCUT2D eigenvalue weighted by atomic mass is 32.2. The van der Waals surface area contributed by atoms with Crippen LogP contribution >= 0.6 is 11.8 Å². The number of hydrogen-bond acceptors (Lipinski definition) is 2. The van der Waals surface area contributed by atoms with Crippen molar-refractivity contribution in [2.24, 2.45) is 5.73 Å². The van der Waals surface area contributed by atoms with Crippen LogP contribution < -0.4 is 5.73 Å². The predicted octanol–water partition coefficient (Wildman–Crippen LogP) is 3.56. The van der Waals surface area contributed by atoms with Gasteiger partial charge in [-0.05, 0) is 35.5 Å². The number of thioether (sulfide) groups is 1. The third-order valence-electron chi connectivity index (χ3n) is 2.66. The molecule has 0 saturated heterocycles. The summed E-state index contributed by atoms with van der Waals surface area (Å²) in [5.74, 6) is 1.73. The molecule has 1 aromatic rings. The SMILES string of the molecule is CSCCC(N)c1ccc(C(C)C)cc1. The molecule has 1 unspecified atom stereocenters. The Morgan fingerprint density at radius 2 is 1.67 bits per heavy atom. The molecule has 0 radical (unpaired) electrons. The van der Waals surface area contributed by atoms with Crippen LogP contribution in [-0.4, -0.2) is 12.0 Å². The molecular weight excluding hydrogens is 202 g/mol. The summed E-state index contributed by atoms with van der Waals surface area (Å²) < 4.78 is 0. The zero-order valence-corrected chi connectivity index (χ0v) is 10.7. The first-order valence-electron chi connectivity index (χ1n) is 5.49. The van der Waals surface area contributed by atoms with Gasteiger partial charge in [0.2, 0.25) is 0 Å². The molecule has 0 heterocycles. The van der Waals surface area contributed by atoms with E-state index < -0.39 is 0 Å². The van der Waals surface area contributed by atoms with Gasteiger partial charge in [0, 0.05) is 6.04 Å². The highest BCUT2D eigenvalue weighted by molar-refractivity contribution is 7.98. The third-order valence-corrected chi connectivity index (χ3v) is 3.31. The molecule has 0 aliphatic carbocycles. The molecule has 2 N–H and O–H groups in total. The molecule has 15 heavy (non-hydrogen) atoms. The van der Waals surface area contributed by atoms with Crippen LogP contribution in [0.15, 0.2) is 24.3 Å². The minimum absolute atomic E-state index is 0.193. The first kappa shape index (κ1) is 12.6. The molecule has 2 heteroatoms. The minimum atomic E-state index is 0.193. The highest BCUT2D eigenvalue weighted by Gasteiger charge is 2.05. The van der Waals surface area contributed by atoms with Gasteiger partial charge in [0.15, 0.2) is 0 Å². The van der Waals surface area contributed by atoms with E-state index in [0.717, 1.165) is 12.2 Å². The van der Waals surface area contributed by atoms with Gasteiger partial charge in [-0.2, -0.15) is 11.8 Å². The molecule has 1 aromatic carbocycles. The average molecular weight is 223 g/mol. The monoisotopic (exact) mass is 223 g/mol. The first-order valence-corrected chi connectivity index (χ1v) is 6.89. The van der Waals surface area contributed by atoms with Gasteiger partial charge >= 0.3 is 0 Å². The van der Waals surface area contributed by atoms with E-state index in [1.165, 1.54) is 11.1 Å². The van der Waals surface area contributed by atoms with Crippen LogP contribution in [0.2, 0.25) is 0 Å². The summed E-state index contributed by atoms with van der Waals surface area (Å²) in [6.07, 6.45) is 3.18. The Morgan fingerprint density at radius 1 is 1.13 bits per heavy atom. The van der Waals surface area contributed by atoms with Crippen LogP contribution in [0.25, 0.3) is 0 Å². The van der Waals surface area contributed by atoms with Gasteiger partial charge in [0.05, 0.1) is 0 Å². The molecule has 0 amide bonds. The molecular formula is C13H21NS. The Morgan fingerprint density at radius 3 is 2.13 bits per heavy atom. The minimum Gasteiger partial charge on any atom is -0.324 e. The molecule has 0 spiro atoms. The summed E-state index contributed by atoms with van der Waals surface area (Å²) in [5, 5.41) is 0. The summed E-state index contributed by atoms with van der Waals surface area (Å²) in [6.45, 7) is 4.42. The van der Waals surface area contributed by atoms with Crippen molar-refractivity contribution in [3.63, 3.8) is 0 Å². The summed E-state index contributed by atoms with van der Waals surface area (Å²) >= 11 is 1.85. The smallest absolute Gasteiger partial charge is 0.0302 e. The fourth-order valence-electron chi connectivity index (χ4n) is 1.54. The van der Waals surface area contributed by atoms with Crippen molar-refractivity contribution in [1.29, 1.82) is 0 Å². The van der Waals surface area contributed by atoms with Gasteiger partial charge in [-0.25, -0.2) is 0 Å². The Kier molecular flexibility index (Phi) is 5.20. The number of rotatable bonds is 5. The zero-order chi connectivity index (χ0) is 11.3. The zero-order valence-electron chi connectivity index (χ0n) is 9.86. The summed E-state index contributed by atoms with van der Waals surface area (Å²) in [6, 6.07) is 8.91. The lowest BCUT2D eigenvalue weighted by molar-refractivity contribution is 0.704. The number of benzene rings is 1. The maximum atomic E-state index is 6.09. The van der Waals surface area contributed by atoms with E-state index in [-0.39, 0.29) is 6.04 Å². The second kappa shape index (κ2) is 6.19. The van der Waals surface area contributed by atoms with E-state index in [1.807, 2.05) is 11.8 Å². The average Bonchev–Trinajstić information content (AvgIpc) is 2.26. The summed E-state index contributed by atoms with van der Waals surface area (Å²) in [7, 11) is 0. The maximum Gasteiger partial charge on any atom is 0.0302 e. The molecule has 0 fully saturated rings. The van der Waals surface area contributed by atoms with Gasteiger partial charge in [0.25, 0.3) is 0 Å². The Hall–Kier alpha value is -0.470. The Labute approximate surface area is 97.4 Å². The molecule has 0 aromatic heterocycles. The molecule has 1 nitrogen and oxygen atoms in total. The van der Waals surface area contributed by atoms with E-state index in [9.17, 15) is 0 Å². The van der Waals surface area contributed by atoms with Crippen LogP contribution in [0.1, 0.15) is 43.4 Å². The summed E-state index contributed by atoms with van der Waals surface area (Å²) in [4.78, 5) is 0. The number of nitrogens with two attached hydrogens (primary N) is 1. The fraction of sp³-hybridized carbons (Fsp3) is 0.538. The van der Waals surface area contributed by atoms with Crippen molar-refractivity contribution in [3.8, 4) is 0 Å².